The zero-order chi connectivity index (χ0) is 15.2. The fourth-order valence-electron chi connectivity index (χ4n) is 3.93. The van der Waals surface area contributed by atoms with Gasteiger partial charge in [-0.15, -0.1) is 11.8 Å². The molecular formula is C16H22N2OS2. The maximum absolute atomic E-state index is 12.3. The Labute approximate surface area is 134 Å². The van der Waals surface area contributed by atoms with Gasteiger partial charge < -0.3 is 0 Å². The van der Waals surface area contributed by atoms with Crippen molar-refractivity contribution in [1.29, 1.82) is 5.26 Å². The Kier molecular flexibility index (Phi) is 3.96. The van der Waals surface area contributed by atoms with Crippen molar-refractivity contribution in [1.82, 2.24) is 4.57 Å². The lowest BCUT2D eigenvalue weighted by atomic mass is 9.69. The van der Waals surface area contributed by atoms with Gasteiger partial charge in [-0.2, -0.15) is 5.26 Å². The number of aromatic nitrogens is 1. The lowest BCUT2D eigenvalue weighted by Crippen LogP contribution is -2.39. The van der Waals surface area contributed by atoms with Crippen molar-refractivity contribution < 1.29 is 0 Å². The number of fused-ring (bicyclic) bond motifs is 3. The Morgan fingerprint density at radius 1 is 1.43 bits per heavy atom. The molecular weight excluding hydrogens is 300 g/mol. The SMILES string of the molecule is C[C@H]1CC[C@H]2[C@H](C1)c1sc(=O)n(CCC#N)c1SC2(C)C. The lowest BCUT2D eigenvalue weighted by molar-refractivity contribution is 0.208. The van der Waals surface area contributed by atoms with Gasteiger partial charge in [-0.3, -0.25) is 9.36 Å². The van der Waals surface area contributed by atoms with Crippen molar-refractivity contribution >= 4 is 23.1 Å². The summed E-state index contributed by atoms with van der Waals surface area (Å²) < 4.78 is 2.03. The Morgan fingerprint density at radius 2 is 2.19 bits per heavy atom. The van der Waals surface area contributed by atoms with E-state index in [2.05, 4.69) is 26.8 Å². The second-order valence-electron chi connectivity index (χ2n) is 6.93. The van der Waals surface area contributed by atoms with E-state index in [0.29, 0.717) is 24.8 Å². The largest absolute Gasteiger partial charge is 0.308 e. The molecule has 0 radical (unpaired) electrons. The summed E-state index contributed by atoms with van der Waals surface area (Å²) >= 11 is 3.30. The number of hydrogen-bond donors (Lipinski definition) is 0. The standard InChI is InChI=1S/C16H22N2OS2/c1-10-5-6-12-11(9-10)13-14(21-16(12,2)3)18(8-4-7-17)15(19)20-13/h10-12H,4-6,8-9H2,1-3H3/t10-,11-,12-/m0/s1. The van der Waals surface area contributed by atoms with Crippen LogP contribution in [0.15, 0.2) is 9.82 Å². The topological polar surface area (TPSA) is 45.8 Å². The number of thioether (sulfide) groups is 1. The summed E-state index contributed by atoms with van der Waals surface area (Å²) in [5.74, 6) is 1.97. The van der Waals surface area contributed by atoms with Gasteiger partial charge in [-0.1, -0.05) is 38.5 Å². The van der Waals surface area contributed by atoms with Crippen LogP contribution in [0.1, 0.15) is 57.2 Å². The van der Waals surface area contributed by atoms with Crippen LogP contribution in [-0.2, 0) is 6.54 Å². The van der Waals surface area contributed by atoms with Crippen LogP contribution in [0.3, 0.4) is 0 Å². The van der Waals surface area contributed by atoms with E-state index in [1.807, 2.05) is 16.3 Å². The molecule has 1 saturated carbocycles. The highest BCUT2D eigenvalue weighted by atomic mass is 32.2. The van der Waals surface area contributed by atoms with Crippen molar-refractivity contribution in [2.45, 2.75) is 68.7 Å². The van der Waals surface area contributed by atoms with Crippen LogP contribution >= 0.6 is 23.1 Å². The van der Waals surface area contributed by atoms with Crippen LogP contribution in [0.25, 0.3) is 0 Å². The predicted molar refractivity (Wildman–Crippen MR) is 88.0 cm³/mol. The third-order valence-corrected chi connectivity index (χ3v) is 7.73. The van der Waals surface area contributed by atoms with Crippen LogP contribution in [0, 0.1) is 23.2 Å². The van der Waals surface area contributed by atoms with Gasteiger partial charge in [0.1, 0.15) is 0 Å². The van der Waals surface area contributed by atoms with Crippen LogP contribution in [-0.4, -0.2) is 9.31 Å². The molecule has 1 aliphatic heterocycles. The number of nitriles is 1. The number of hydrogen-bond acceptors (Lipinski definition) is 4. The monoisotopic (exact) mass is 322 g/mol. The average Bonchev–Trinajstić information content (AvgIpc) is 2.72. The highest BCUT2D eigenvalue weighted by molar-refractivity contribution is 8.00. The third kappa shape index (κ3) is 2.57. The van der Waals surface area contributed by atoms with Crippen LogP contribution in [0.4, 0.5) is 0 Å². The summed E-state index contributed by atoms with van der Waals surface area (Å²) in [5, 5.41) is 9.97. The maximum Gasteiger partial charge on any atom is 0.308 e. The van der Waals surface area contributed by atoms with Gasteiger partial charge in [-0.25, -0.2) is 0 Å². The first-order valence-corrected chi connectivity index (χ1v) is 9.37. The van der Waals surface area contributed by atoms with Crippen molar-refractivity contribution in [3.05, 3.63) is 14.5 Å². The second kappa shape index (κ2) is 5.48. The van der Waals surface area contributed by atoms with E-state index >= 15 is 0 Å². The highest BCUT2D eigenvalue weighted by Crippen LogP contribution is 2.58. The first kappa shape index (κ1) is 15.2. The third-order valence-electron chi connectivity index (χ3n) is 5.02. The Balaban J connectivity index is 2.05. The minimum Gasteiger partial charge on any atom is -0.292 e. The van der Waals surface area contributed by atoms with E-state index in [9.17, 15) is 4.79 Å². The Bertz CT molecular complexity index is 638. The molecule has 0 spiro atoms. The molecule has 1 aliphatic carbocycles. The molecule has 114 valence electrons. The lowest BCUT2D eigenvalue weighted by Gasteiger charge is -2.47. The molecule has 5 heteroatoms. The minimum absolute atomic E-state index is 0.123. The van der Waals surface area contributed by atoms with E-state index in [-0.39, 0.29) is 9.62 Å². The normalized spacial score (nSPS) is 30.3. The van der Waals surface area contributed by atoms with Gasteiger partial charge in [0.15, 0.2) is 0 Å². The van der Waals surface area contributed by atoms with Crippen molar-refractivity contribution in [3.8, 4) is 6.07 Å². The Hall–Kier alpha value is -0.730. The Morgan fingerprint density at radius 3 is 2.90 bits per heavy atom. The molecule has 1 fully saturated rings. The molecule has 21 heavy (non-hydrogen) atoms. The zero-order valence-electron chi connectivity index (χ0n) is 12.9. The zero-order valence-corrected chi connectivity index (χ0v) is 14.5. The quantitative estimate of drug-likeness (QED) is 0.818. The van der Waals surface area contributed by atoms with Crippen molar-refractivity contribution in [2.75, 3.05) is 0 Å². The van der Waals surface area contributed by atoms with E-state index in [1.54, 1.807) is 0 Å². The fourth-order valence-corrected chi connectivity index (χ4v) is 6.80. The number of thiazole rings is 1. The fraction of sp³-hybridized carbons (Fsp3) is 0.750. The van der Waals surface area contributed by atoms with Crippen LogP contribution in [0.5, 0.6) is 0 Å². The minimum atomic E-state index is 0.123. The molecule has 2 aliphatic rings. The molecule has 0 bridgehead atoms. The molecule has 3 atom stereocenters. The molecule has 3 rings (SSSR count). The summed E-state index contributed by atoms with van der Waals surface area (Å²) in [7, 11) is 0. The number of nitrogens with zero attached hydrogens (tertiary/aromatic N) is 2. The summed E-state index contributed by atoms with van der Waals surface area (Å²) in [6, 6.07) is 2.16. The van der Waals surface area contributed by atoms with Gasteiger partial charge in [0.05, 0.1) is 17.5 Å². The van der Waals surface area contributed by atoms with E-state index in [4.69, 9.17) is 5.26 Å². The highest BCUT2D eigenvalue weighted by Gasteiger charge is 2.47. The molecule has 0 saturated heterocycles. The summed E-state index contributed by atoms with van der Waals surface area (Å²) in [6.07, 6.45) is 4.20. The molecule has 1 aromatic rings. The molecule has 0 aromatic carbocycles. The number of rotatable bonds is 2. The molecule has 2 heterocycles. The van der Waals surface area contributed by atoms with Crippen LogP contribution in [0.2, 0.25) is 0 Å². The predicted octanol–water partition coefficient (Wildman–Crippen LogP) is 4.23. The molecule has 0 N–H and O–H groups in total. The van der Waals surface area contributed by atoms with E-state index in [1.165, 1.54) is 35.5 Å². The van der Waals surface area contributed by atoms with Crippen molar-refractivity contribution in [3.63, 3.8) is 0 Å². The molecule has 1 aromatic heterocycles. The van der Waals surface area contributed by atoms with E-state index < -0.39 is 0 Å². The van der Waals surface area contributed by atoms with Gasteiger partial charge in [0, 0.05) is 22.1 Å². The van der Waals surface area contributed by atoms with Gasteiger partial charge in [-0.05, 0) is 24.7 Å². The second-order valence-corrected chi connectivity index (χ2v) is 9.57. The van der Waals surface area contributed by atoms with Crippen molar-refractivity contribution in [2.24, 2.45) is 11.8 Å². The van der Waals surface area contributed by atoms with Gasteiger partial charge >= 0.3 is 4.87 Å². The first-order chi connectivity index (χ1) is 9.94. The smallest absolute Gasteiger partial charge is 0.292 e. The average molecular weight is 322 g/mol. The molecule has 3 nitrogen and oxygen atoms in total. The maximum atomic E-state index is 12.3. The van der Waals surface area contributed by atoms with E-state index in [0.717, 1.165) is 10.9 Å². The summed E-state index contributed by atoms with van der Waals surface area (Å²) in [6.45, 7) is 7.52. The summed E-state index contributed by atoms with van der Waals surface area (Å²) in [5.41, 5.74) is 0. The summed E-state index contributed by atoms with van der Waals surface area (Å²) in [4.78, 5) is 13.8. The van der Waals surface area contributed by atoms with Gasteiger partial charge in [0.25, 0.3) is 0 Å². The molecule has 0 amide bonds. The molecule has 0 unspecified atom stereocenters. The van der Waals surface area contributed by atoms with Gasteiger partial charge in [0.2, 0.25) is 0 Å². The van der Waals surface area contributed by atoms with Crippen LogP contribution < -0.4 is 4.87 Å². The first-order valence-electron chi connectivity index (χ1n) is 7.73.